The van der Waals surface area contributed by atoms with E-state index in [4.69, 9.17) is 22.1 Å². The number of methoxy groups -OCH3 is 1. The number of hydrogen-bond acceptors (Lipinski definition) is 4. The Bertz CT molecular complexity index is 894. The van der Waals surface area contributed by atoms with Crippen LogP contribution in [-0.4, -0.2) is 29.0 Å². The Balaban J connectivity index is 2.11. The average Bonchev–Trinajstić information content (AvgIpc) is 2.63. The van der Waals surface area contributed by atoms with Gasteiger partial charge in [-0.05, 0) is 73.9 Å². The van der Waals surface area contributed by atoms with E-state index >= 15 is 0 Å². The van der Waals surface area contributed by atoms with E-state index in [9.17, 15) is 4.79 Å². The first-order chi connectivity index (χ1) is 12.8. The van der Waals surface area contributed by atoms with Crippen molar-refractivity contribution in [1.82, 2.24) is 5.43 Å². The summed E-state index contributed by atoms with van der Waals surface area (Å²) in [5.74, 6) is -0.383. The molecule has 0 saturated heterocycles. The van der Waals surface area contributed by atoms with Gasteiger partial charge < -0.3 is 15.2 Å². The minimum atomic E-state index is -0.919. The third kappa shape index (κ3) is 5.52. The highest BCUT2D eigenvalue weighted by Crippen LogP contribution is 2.21. The first-order valence-corrected chi connectivity index (χ1v) is 8.79. The number of benzene rings is 2. The van der Waals surface area contributed by atoms with E-state index in [1.54, 1.807) is 12.1 Å². The maximum absolute atomic E-state index is 11.0. The van der Waals surface area contributed by atoms with Gasteiger partial charge in [-0.2, -0.15) is 5.10 Å². The van der Waals surface area contributed by atoms with E-state index in [1.165, 1.54) is 12.7 Å². The molecule has 6 nitrogen and oxygen atoms in total. The highest BCUT2D eigenvalue weighted by Gasteiger charge is 2.10. The number of aliphatic carboxylic acids is 1. The van der Waals surface area contributed by atoms with E-state index in [-0.39, 0.29) is 6.42 Å². The lowest BCUT2D eigenvalue weighted by atomic mass is 10.0. The minimum Gasteiger partial charge on any atom is -0.496 e. The van der Waals surface area contributed by atoms with Crippen molar-refractivity contribution in [1.29, 1.82) is 0 Å². The number of hydrazone groups is 1. The molecule has 0 aliphatic heterocycles. The van der Waals surface area contributed by atoms with Gasteiger partial charge in [-0.25, -0.2) is 0 Å². The summed E-state index contributed by atoms with van der Waals surface area (Å²) in [5.41, 5.74) is 8.10. The SMILES string of the molecule is COc1ccc(/C(C)=N\NC(=S)Nc2cccc(C)c2C)cc1CC(=O)O. The normalized spacial score (nSPS) is 11.0. The Hall–Kier alpha value is -2.93. The van der Waals surface area contributed by atoms with Crippen molar-refractivity contribution in [2.75, 3.05) is 12.4 Å². The minimum absolute atomic E-state index is 0.121. The van der Waals surface area contributed by atoms with E-state index in [2.05, 4.69) is 15.8 Å². The van der Waals surface area contributed by atoms with Gasteiger partial charge in [-0.15, -0.1) is 0 Å². The molecule has 0 bridgehead atoms. The molecule has 0 unspecified atom stereocenters. The van der Waals surface area contributed by atoms with Crippen LogP contribution in [0.1, 0.15) is 29.2 Å². The zero-order chi connectivity index (χ0) is 20.0. The average molecular weight is 385 g/mol. The molecule has 0 aliphatic rings. The number of anilines is 1. The molecule has 0 atom stereocenters. The molecule has 2 rings (SSSR count). The highest BCUT2D eigenvalue weighted by atomic mass is 32.1. The van der Waals surface area contributed by atoms with Crippen LogP contribution in [-0.2, 0) is 11.2 Å². The zero-order valence-corrected chi connectivity index (χ0v) is 16.6. The molecular formula is C20H23N3O3S. The smallest absolute Gasteiger partial charge is 0.307 e. The highest BCUT2D eigenvalue weighted by molar-refractivity contribution is 7.80. The van der Waals surface area contributed by atoms with Gasteiger partial charge in [0.25, 0.3) is 0 Å². The molecule has 2 aromatic carbocycles. The van der Waals surface area contributed by atoms with Crippen molar-refractivity contribution in [3.05, 3.63) is 58.7 Å². The predicted octanol–water partition coefficient (Wildman–Crippen LogP) is 3.65. The van der Waals surface area contributed by atoms with Crippen LogP contribution in [0.3, 0.4) is 0 Å². The van der Waals surface area contributed by atoms with Gasteiger partial charge in [0, 0.05) is 11.3 Å². The van der Waals surface area contributed by atoms with E-state index in [0.717, 1.165) is 16.8 Å². The Labute approximate surface area is 164 Å². The summed E-state index contributed by atoms with van der Waals surface area (Å²) in [5, 5.41) is 16.9. The van der Waals surface area contributed by atoms with Gasteiger partial charge in [-0.3, -0.25) is 10.2 Å². The summed E-state index contributed by atoms with van der Waals surface area (Å²) in [4.78, 5) is 11.0. The van der Waals surface area contributed by atoms with Crippen molar-refractivity contribution in [2.24, 2.45) is 5.10 Å². The molecule has 0 aromatic heterocycles. The van der Waals surface area contributed by atoms with Crippen LogP contribution >= 0.6 is 12.2 Å². The second-order valence-electron chi connectivity index (χ2n) is 6.11. The molecule has 0 amide bonds. The Morgan fingerprint density at radius 3 is 2.67 bits per heavy atom. The van der Waals surface area contributed by atoms with E-state index < -0.39 is 5.97 Å². The maximum atomic E-state index is 11.0. The molecule has 27 heavy (non-hydrogen) atoms. The molecule has 2 aromatic rings. The van der Waals surface area contributed by atoms with Crippen LogP contribution < -0.4 is 15.5 Å². The van der Waals surface area contributed by atoms with Gasteiger partial charge in [0.15, 0.2) is 5.11 Å². The number of rotatable bonds is 6. The van der Waals surface area contributed by atoms with E-state index in [0.29, 0.717) is 22.1 Å². The lowest BCUT2D eigenvalue weighted by molar-refractivity contribution is -0.136. The largest absolute Gasteiger partial charge is 0.496 e. The topological polar surface area (TPSA) is 83.0 Å². The fourth-order valence-electron chi connectivity index (χ4n) is 2.54. The van der Waals surface area contributed by atoms with Gasteiger partial charge in [0.05, 0.1) is 19.2 Å². The molecule has 0 radical (unpaired) electrons. The summed E-state index contributed by atoms with van der Waals surface area (Å²) in [6.45, 7) is 5.88. The Kier molecular flexibility index (Phi) is 6.90. The number of nitrogens with one attached hydrogen (secondary N) is 2. The first-order valence-electron chi connectivity index (χ1n) is 8.38. The van der Waals surface area contributed by atoms with Crippen LogP contribution in [0.4, 0.5) is 5.69 Å². The first kappa shape index (κ1) is 20.4. The molecule has 7 heteroatoms. The fraction of sp³-hybridized carbons (Fsp3) is 0.250. The van der Waals surface area contributed by atoms with Gasteiger partial charge >= 0.3 is 5.97 Å². The Morgan fingerprint density at radius 1 is 1.26 bits per heavy atom. The fourth-order valence-corrected chi connectivity index (χ4v) is 2.70. The van der Waals surface area contributed by atoms with Crippen LogP contribution in [0, 0.1) is 13.8 Å². The number of hydrogen-bond donors (Lipinski definition) is 3. The predicted molar refractivity (Wildman–Crippen MR) is 112 cm³/mol. The van der Waals surface area contributed by atoms with Crippen LogP contribution in [0.5, 0.6) is 5.75 Å². The van der Waals surface area contributed by atoms with Crippen molar-refractivity contribution in [3.8, 4) is 5.75 Å². The summed E-state index contributed by atoms with van der Waals surface area (Å²) >= 11 is 5.30. The van der Waals surface area contributed by atoms with Crippen molar-refractivity contribution < 1.29 is 14.6 Å². The van der Waals surface area contributed by atoms with Crippen LogP contribution in [0.25, 0.3) is 0 Å². The standard InChI is InChI=1S/C20H23N3O3S/c1-12-6-5-7-17(13(12)2)21-20(27)23-22-14(3)15-8-9-18(26-4)16(10-15)11-19(24)25/h5-10H,11H2,1-4H3,(H,24,25)(H2,21,23,27)/b22-14-. The van der Waals surface area contributed by atoms with Crippen LogP contribution in [0.2, 0.25) is 0 Å². The van der Waals surface area contributed by atoms with Crippen molar-refractivity contribution in [2.45, 2.75) is 27.2 Å². The number of aryl methyl sites for hydroxylation is 1. The number of nitrogens with zero attached hydrogens (tertiary/aromatic N) is 1. The lowest BCUT2D eigenvalue weighted by Crippen LogP contribution is -2.25. The van der Waals surface area contributed by atoms with Gasteiger partial charge in [0.2, 0.25) is 0 Å². The summed E-state index contributed by atoms with van der Waals surface area (Å²) in [6.07, 6.45) is -0.121. The summed E-state index contributed by atoms with van der Waals surface area (Å²) < 4.78 is 5.22. The number of carboxylic acid groups (broad SMARTS) is 1. The second kappa shape index (κ2) is 9.14. The molecular weight excluding hydrogens is 362 g/mol. The molecule has 142 valence electrons. The molecule has 0 heterocycles. The molecule has 3 N–H and O–H groups in total. The monoisotopic (exact) mass is 385 g/mol. The molecule has 0 saturated carbocycles. The molecule has 0 aliphatic carbocycles. The summed E-state index contributed by atoms with van der Waals surface area (Å²) in [7, 11) is 1.51. The summed E-state index contributed by atoms with van der Waals surface area (Å²) in [6, 6.07) is 11.3. The number of ether oxygens (including phenoxy) is 1. The van der Waals surface area contributed by atoms with E-state index in [1.807, 2.05) is 45.0 Å². The maximum Gasteiger partial charge on any atom is 0.307 e. The van der Waals surface area contributed by atoms with Crippen LogP contribution in [0.15, 0.2) is 41.5 Å². The van der Waals surface area contributed by atoms with Gasteiger partial charge in [-0.1, -0.05) is 12.1 Å². The second-order valence-corrected chi connectivity index (χ2v) is 6.52. The lowest BCUT2D eigenvalue weighted by Gasteiger charge is -2.12. The van der Waals surface area contributed by atoms with Crippen molar-refractivity contribution in [3.63, 3.8) is 0 Å². The zero-order valence-electron chi connectivity index (χ0n) is 15.8. The van der Waals surface area contributed by atoms with Gasteiger partial charge in [0.1, 0.15) is 5.75 Å². The quantitative estimate of drug-likeness (QED) is 0.400. The van der Waals surface area contributed by atoms with Crippen molar-refractivity contribution >= 4 is 34.7 Å². The number of carboxylic acids is 1. The molecule has 0 spiro atoms. The third-order valence-corrected chi connectivity index (χ3v) is 4.41. The number of thiocarbonyl (C=S) groups is 1. The Morgan fingerprint density at radius 2 is 2.00 bits per heavy atom. The number of carbonyl (C=O) groups is 1. The third-order valence-electron chi connectivity index (χ3n) is 4.22. The molecule has 0 fully saturated rings.